The van der Waals surface area contributed by atoms with E-state index in [1.165, 1.54) is 0 Å². The molecule has 7 aromatic rings. The first-order valence-corrected chi connectivity index (χ1v) is 15.8. The lowest BCUT2D eigenvalue weighted by Gasteiger charge is -2.36. The lowest BCUT2D eigenvalue weighted by atomic mass is 9.77. The van der Waals surface area contributed by atoms with E-state index in [0.29, 0.717) is 12.4 Å². The van der Waals surface area contributed by atoms with Gasteiger partial charge in [0, 0.05) is 12.1 Å². The molecule has 2 heterocycles. The molecule has 0 aliphatic carbocycles. The fraction of sp³-hybridized carbons (Fsp3) is 0.108. The summed E-state index contributed by atoms with van der Waals surface area (Å²) >= 11 is 1.60. The largest absolute Gasteiger partial charge is 0.356 e. The van der Waals surface area contributed by atoms with Gasteiger partial charge in [-0.25, -0.2) is 4.68 Å². The van der Waals surface area contributed by atoms with Gasteiger partial charge in [-0.3, -0.25) is 0 Å². The molecule has 220 valence electrons. The molecule has 7 rings (SSSR count). The van der Waals surface area contributed by atoms with E-state index >= 15 is 0 Å². The Labute approximate surface area is 266 Å². The van der Waals surface area contributed by atoms with E-state index in [2.05, 4.69) is 148 Å². The van der Waals surface area contributed by atoms with Gasteiger partial charge in [-0.2, -0.15) is 0 Å². The van der Waals surface area contributed by atoms with Crippen LogP contribution in [0.5, 0.6) is 0 Å². The highest BCUT2D eigenvalue weighted by Crippen LogP contribution is 2.43. The van der Waals surface area contributed by atoms with Gasteiger partial charge in [0.05, 0.1) is 0 Å². The molecule has 0 unspecified atom stereocenters. The third-order valence-corrected chi connectivity index (χ3v) is 9.03. The second-order valence-corrected chi connectivity index (χ2v) is 11.7. The average Bonchev–Trinajstić information content (AvgIpc) is 3.80. The molecule has 0 fully saturated rings. The summed E-state index contributed by atoms with van der Waals surface area (Å²) in [6, 6.07) is 48.3. The summed E-state index contributed by atoms with van der Waals surface area (Å²) in [5.74, 6) is 0.677. The minimum absolute atomic E-state index is 0.673. The maximum Gasteiger partial charge on any atom is 0.205 e. The molecule has 0 aliphatic heterocycles. The number of nitrogens with zero attached hydrogens (tertiary/aromatic N) is 6. The summed E-state index contributed by atoms with van der Waals surface area (Å²) in [4.78, 5) is 0. The molecule has 8 heteroatoms. The molecule has 0 spiro atoms. The number of rotatable bonds is 10. The van der Waals surface area contributed by atoms with Crippen LogP contribution in [0.15, 0.2) is 140 Å². The zero-order chi connectivity index (χ0) is 30.5. The van der Waals surface area contributed by atoms with E-state index in [-0.39, 0.29) is 0 Å². The van der Waals surface area contributed by atoms with Gasteiger partial charge in [0.1, 0.15) is 10.5 Å². The second-order valence-electron chi connectivity index (χ2n) is 10.7. The van der Waals surface area contributed by atoms with Gasteiger partial charge in [-0.15, -0.1) is 15.3 Å². The van der Waals surface area contributed by atoms with Crippen LogP contribution in [-0.4, -0.2) is 30.4 Å². The van der Waals surface area contributed by atoms with Gasteiger partial charge in [-0.1, -0.05) is 158 Å². The zero-order valence-corrected chi connectivity index (χ0v) is 25.6. The molecule has 0 saturated heterocycles. The van der Waals surface area contributed by atoms with Crippen LogP contribution in [-0.2, 0) is 18.5 Å². The van der Waals surface area contributed by atoms with Crippen LogP contribution >= 0.6 is 11.3 Å². The van der Waals surface area contributed by atoms with Crippen LogP contribution in [0.1, 0.15) is 34.2 Å². The third-order valence-electron chi connectivity index (χ3n) is 8.01. The monoisotopic (exact) mass is 605 g/mol. The van der Waals surface area contributed by atoms with E-state index in [9.17, 15) is 0 Å². The number of nitrogens with one attached hydrogen (secondary N) is 1. The fourth-order valence-electron chi connectivity index (χ4n) is 5.86. The predicted octanol–water partition coefficient (Wildman–Crippen LogP) is 7.87. The summed E-state index contributed by atoms with van der Waals surface area (Å²) in [7, 11) is 0. The summed E-state index contributed by atoms with van der Waals surface area (Å²) < 4.78 is 1.98. The van der Waals surface area contributed by atoms with E-state index in [4.69, 9.17) is 5.21 Å². The highest BCUT2D eigenvalue weighted by atomic mass is 32.1. The van der Waals surface area contributed by atoms with Crippen molar-refractivity contribution in [2.45, 2.75) is 25.4 Å². The quantitative estimate of drug-likeness (QED) is 0.160. The van der Waals surface area contributed by atoms with Crippen molar-refractivity contribution in [3.8, 4) is 22.5 Å². The molecule has 0 radical (unpaired) electrons. The Kier molecular flexibility index (Phi) is 7.95. The third kappa shape index (κ3) is 5.41. The van der Waals surface area contributed by atoms with E-state index in [1.54, 1.807) is 11.3 Å². The first-order chi connectivity index (χ1) is 22.3. The summed E-state index contributed by atoms with van der Waals surface area (Å²) in [5.41, 5.74) is 6.59. The molecular formula is C37H31N7S. The molecule has 0 atom stereocenters. The van der Waals surface area contributed by atoms with Crippen molar-refractivity contribution in [1.82, 2.24) is 30.4 Å². The predicted molar refractivity (Wildman–Crippen MR) is 180 cm³/mol. The van der Waals surface area contributed by atoms with E-state index < -0.39 is 5.54 Å². The van der Waals surface area contributed by atoms with Gasteiger partial charge in [-0.05, 0) is 50.2 Å². The first-order valence-electron chi connectivity index (χ1n) is 15.0. The Hall–Kier alpha value is -5.47. The zero-order valence-electron chi connectivity index (χ0n) is 24.8. The van der Waals surface area contributed by atoms with Crippen LogP contribution in [0, 0.1) is 0 Å². The second kappa shape index (κ2) is 12.6. The Morgan fingerprint density at radius 1 is 0.622 bits per heavy atom. The molecule has 0 bridgehead atoms. The van der Waals surface area contributed by atoms with Gasteiger partial charge in [0.15, 0.2) is 5.82 Å². The van der Waals surface area contributed by atoms with Crippen molar-refractivity contribution in [2.24, 2.45) is 0 Å². The minimum Gasteiger partial charge on any atom is -0.356 e. The van der Waals surface area contributed by atoms with Crippen LogP contribution in [0.3, 0.4) is 0 Å². The molecular weight excluding hydrogens is 575 g/mol. The summed E-state index contributed by atoms with van der Waals surface area (Å²) in [6.45, 7) is 2.76. The maximum absolute atomic E-state index is 4.74. The summed E-state index contributed by atoms with van der Waals surface area (Å²) in [6.07, 6.45) is 0.889. The molecule has 0 aliphatic rings. The van der Waals surface area contributed by atoms with E-state index in [1.807, 2.05) is 28.9 Å². The topological polar surface area (TPSA) is 81.4 Å². The molecule has 45 heavy (non-hydrogen) atoms. The van der Waals surface area contributed by atoms with Crippen molar-refractivity contribution >= 4 is 16.5 Å². The maximum atomic E-state index is 4.74. The number of anilines is 1. The van der Waals surface area contributed by atoms with Gasteiger partial charge >= 0.3 is 0 Å². The molecule has 1 N–H and O–H groups in total. The number of benzene rings is 5. The van der Waals surface area contributed by atoms with Crippen molar-refractivity contribution in [2.75, 3.05) is 5.32 Å². The number of aryl methyl sites for hydroxylation is 1. The number of hydrogen-bond acceptors (Lipinski definition) is 7. The first kappa shape index (κ1) is 28.3. The van der Waals surface area contributed by atoms with Gasteiger partial charge < -0.3 is 5.32 Å². The van der Waals surface area contributed by atoms with Gasteiger partial charge in [0.25, 0.3) is 0 Å². The number of hydrogen-bond donors (Lipinski definition) is 1. The summed E-state index contributed by atoms with van der Waals surface area (Å²) in [5, 5.41) is 27.4. The Morgan fingerprint density at radius 2 is 1.18 bits per heavy atom. The highest BCUT2D eigenvalue weighted by Gasteiger charge is 2.42. The molecule has 0 saturated carbocycles. The number of tetrazole rings is 1. The lowest BCUT2D eigenvalue weighted by molar-refractivity contribution is 0.451. The molecule has 7 nitrogen and oxygen atoms in total. The van der Waals surface area contributed by atoms with Crippen LogP contribution in [0.2, 0.25) is 0 Å². The normalized spacial score (nSPS) is 11.4. The van der Waals surface area contributed by atoms with Crippen molar-refractivity contribution < 1.29 is 0 Å². The minimum atomic E-state index is -0.826. The SMILES string of the molecule is CCc1nnc(NCc2ccc(-c3ccccc3-c3nnnn3C(c3ccccc3)(c3ccccc3)c3ccccc3)cc2)s1. The Morgan fingerprint density at radius 3 is 1.73 bits per heavy atom. The van der Waals surface area contributed by atoms with Crippen LogP contribution < -0.4 is 5.32 Å². The average molecular weight is 606 g/mol. The molecule has 5 aromatic carbocycles. The highest BCUT2D eigenvalue weighted by molar-refractivity contribution is 7.15. The molecule has 0 amide bonds. The Bertz CT molecular complexity index is 1890. The standard InChI is InChI=1S/C37H31N7S/c1-2-34-39-41-36(45-34)38-26-27-22-24-28(25-23-27)32-20-12-13-21-33(32)35-40-42-43-44(35)37(29-14-6-3-7-15-29,30-16-8-4-9-17-30)31-18-10-5-11-19-31/h3-25H,2,26H2,1H3,(H,38,41). The van der Waals surface area contributed by atoms with Crippen LogP contribution in [0.25, 0.3) is 22.5 Å². The Balaban J connectivity index is 1.33. The smallest absolute Gasteiger partial charge is 0.205 e. The van der Waals surface area contributed by atoms with E-state index in [0.717, 1.165) is 55.5 Å². The van der Waals surface area contributed by atoms with Crippen molar-refractivity contribution in [3.05, 3.63) is 167 Å². The van der Waals surface area contributed by atoms with Crippen molar-refractivity contribution in [1.29, 1.82) is 0 Å². The number of aromatic nitrogens is 6. The van der Waals surface area contributed by atoms with Crippen LogP contribution in [0.4, 0.5) is 5.13 Å². The fourth-order valence-corrected chi connectivity index (χ4v) is 6.54. The van der Waals surface area contributed by atoms with Crippen molar-refractivity contribution in [3.63, 3.8) is 0 Å². The lowest BCUT2D eigenvalue weighted by Crippen LogP contribution is -2.39. The van der Waals surface area contributed by atoms with Gasteiger partial charge in [0.2, 0.25) is 5.13 Å². The molecule has 2 aromatic heterocycles.